The van der Waals surface area contributed by atoms with Crippen LogP contribution in [-0.4, -0.2) is 38.3 Å². The van der Waals surface area contributed by atoms with Crippen LogP contribution in [0.4, 0.5) is 5.69 Å². The molecule has 1 fully saturated rings. The predicted molar refractivity (Wildman–Crippen MR) is 87.9 cm³/mol. The molecule has 1 aromatic carbocycles. The highest BCUT2D eigenvalue weighted by Gasteiger charge is 2.42. The highest BCUT2D eigenvalue weighted by Crippen LogP contribution is 2.36. The van der Waals surface area contributed by atoms with Crippen molar-refractivity contribution in [3.63, 3.8) is 0 Å². The minimum atomic E-state index is -0.527. The number of hydrogen-bond acceptors (Lipinski definition) is 6. The molecule has 1 aliphatic heterocycles. The number of benzene rings is 1. The van der Waals surface area contributed by atoms with E-state index in [2.05, 4.69) is 0 Å². The number of non-ortho nitro benzene ring substituents is 1. The monoisotopic (exact) mass is 336 g/mol. The van der Waals surface area contributed by atoms with Gasteiger partial charge < -0.3 is 9.94 Å². The van der Waals surface area contributed by atoms with E-state index < -0.39 is 22.0 Å². The first-order valence-corrected chi connectivity index (χ1v) is 7.97. The van der Waals surface area contributed by atoms with Crippen molar-refractivity contribution in [1.29, 1.82) is 0 Å². The molecule has 1 aromatic rings. The van der Waals surface area contributed by atoms with Crippen molar-refractivity contribution in [1.82, 2.24) is 5.06 Å². The van der Waals surface area contributed by atoms with Gasteiger partial charge in [-0.05, 0) is 52.7 Å². The molecule has 1 atom stereocenters. The number of carbonyl (C=O) groups is 1. The second-order valence-electron chi connectivity index (χ2n) is 7.51. The van der Waals surface area contributed by atoms with E-state index in [9.17, 15) is 20.1 Å². The van der Waals surface area contributed by atoms with E-state index in [1.165, 1.54) is 29.3 Å². The smallest absolute Gasteiger partial charge is 0.338 e. The summed E-state index contributed by atoms with van der Waals surface area (Å²) in [5, 5.41) is 22.4. The van der Waals surface area contributed by atoms with Crippen LogP contribution in [0.2, 0.25) is 0 Å². The van der Waals surface area contributed by atoms with Gasteiger partial charge in [-0.1, -0.05) is 0 Å². The molecule has 0 saturated carbocycles. The Morgan fingerprint density at radius 2 is 1.83 bits per heavy atom. The van der Waals surface area contributed by atoms with Crippen LogP contribution in [0.3, 0.4) is 0 Å². The van der Waals surface area contributed by atoms with Crippen LogP contribution < -0.4 is 0 Å². The number of hydrogen-bond donors (Lipinski definition) is 1. The topological polar surface area (TPSA) is 92.9 Å². The summed E-state index contributed by atoms with van der Waals surface area (Å²) < 4.78 is 5.59. The fourth-order valence-electron chi connectivity index (χ4n) is 3.22. The minimum absolute atomic E-state index is 0.0696. The van der Waals surface area contributed by atoms with Crippen molar-refractivity contribution in [3.05, 3.63) is 39.9 Å². The average molecular weight is 336 g/mol. The standard InChI is InChI=1S/C17H24N2O5/c1-16(2)10-9-14(11-17(3,4)19(16)23)24-15(20)12-5-7-13(8-6-12)18(21)22/h5-8,14,23H,9-11H2,1-4H3. The van der Waals surface area contributed by atoms with Gasteiger partial charge in [0, 0.05) is 29.6 Å². The van der Waals surface area contributed by atoms with Gasteiger partial charge in [-0.2, -0.15) is 5.06 Å². The highest BCUT2D eigenvalue weighted by atomic mass is 16.6. The maximum Gasteiger partial charge on any atom is 0.338 e. The molecule has 7 heteroatoms. The summed E-state index contributed by atoms with van der Waals surface area (Å²) in [6.45, 7) is 7.73. The second-order valence-corrected chi connectivity index (χ2v) is 7.51. The van der Waals surface area contributed by atoms with E-state index in [4.69, 9.17) is 4.74 Å². The van der Waals surface area contributed by atoms with Crippen LogP contribution in [0.5, 0.6) is 0 Å². The van der Waals surface area contributed by atoms with Gasteiger partial charge in [-0.15, -0.1) is 0 Å². The Morgan fingerprint density at radius 3 is 2.38 bits per heavy atom. The first kappa shape index (κ1) is 18.4. The Balaban J connectivity index is 2.09. The molecule has 0 aliphatic carbocycles. The summed E-state index contributed by atoms with van der Waals surface area (Å²) in [4.78, 5) is 22.4. The molecule has 2 rings (SSSR count). The zero-order chi connectivity index (χ0) is 18.1. The van der Waals surface area contributed by atoms with E-state index in [0.717, 1.165) is 0 Å². The zero-order valence-electron chi connectivity index (χ0n) is 14.5. The Labute approximate surface area is 141 Å². The Bertz CT molecular complexity index is 624. The molecule has 0 radical (unpaired) electrons. The largest absolute Gasteiger partial charge is 0.459 e. The third-order valence-electron chi connectivity index (χ3n) is 4.54. The molecule has 1 saturated heterocycles. The molecule has 0 spiro atoms. The third kappa shape index (κ3) is 3.91. The van der Waals surface area contributed by atoms with Crippen molar-refractivity contribution < 1.29 is 19.7 Å². The molecule has 7 nitrogen and oxygen atoms in total. The molecule has 132 valence electrons. The minimum Gasteiger partial charge on any atom is -0.459 e. The van der Waals surface area contributed by atoms with Crippen LogP contribution in [-0.2, 0) is 4.74 Å². The van der Waals surface area contributed by atoms with Crippen molar-refractivity contribution in [2.75, 3.05) is 0 Å². The fraction of sp³-hybridized carbons (Fsp3) is 0.588. The maximum atomic E-state index is 12.3. The van der Waals surface area contributed by atoms with Crippen LogP contribution in [0, 0.1) is 10.1 Å². The maximum absolute atomic E-state index is 12.3. The molecule has 1 unspecified atom stereocenters. The normalized spacial score (nSPS) is 23.3. The summed E-state index contributed by atoms with van der Waals surface area (Å²) in [6, 6.07) is 5.35. The van der Waals surface area contributed by atoms with Gasteiger partial charge in [0.1, 0.15) is 6.10 Å². The molecule has 0 aromatic heterocycles. The predicted octanol–water partition coefficient (Wildman–Crippen LogP) is 3.55. The number of rotatable bonds is 3. The van der Waals surface area contributed by atoms with Crippen LogP contribution in [0.25, 0.3) is 0 Å². The first-order valence-electron chi connectivity index (χ1n) is 7.97. The SMILES string of the molecule is CC1(C)CCC(OC(=O)c2ccc([N+](=O)[O-])cc2)CC(C)(C)N1O. The van der Waals surface area contributed by atoms with Crippen molar-refractivity contribution in [2.45, 2.75) is 64.1 Å². The van der Waals surface area contributed by atoms with Gasteiger partial charge in [0.05, 0.1) is 10.5 Å². The summed E-state index contributed by atoms with van der Waals surface area (Å²) in [5.41, 5.74) is -0.721. The van der Waals surface area contributed by atoms with Crippen molar-refractivity contribution in [3.8, 4) is 0 Å². The lowest BCUT2D eigenvalue weighted by Crippen LogP contribution is -2.52. The lowest BCUT2D eigenvalue weighted by atomic mass is 9.95. The Hall–Kier alpha value is -1.99. The summed E-state index contributed by atoms with van der Waals surface area (Å²) in [5.74, 6) is -0.505. The number of ether oxygens (including phenoxy) is 1. The number of nitro groups is 1. The van der Waals surface area contributed by atoms with Gasteiger partial charge in [-0.3, -0.25) is 10.1 Å². The summed E-state index contributed by atoms with van der Waals surface area (Å²) >= 11 is 0. The van der Waals surface area contributed by atoms with Gasteiger partial charge in [-0.25, -0.2) is 4.79 Å². The van der Waals surface area contributed by atoms with Gasteiger partial charge in [0.15, 0.2) is 0 Å². The van der Waals surface area contributed by atoms with E-state index >= 15 is 0 Å². The Morgan fingerprint density at radius 1 is 1.25 bits per heavy atom. The van der Waals surface area contributed by atoms with Gasteiger partial charge in [0.25, 0.3) is 5.69 Å². The zero-order valence-corrected chi connectivity index (χ0v) is 14.5. The molecule has 1 heterocycles. The molecule has 1 N–H and O–H groups in total. The lowest BCUT2D eigenvalue weighted by Gasteiger charge is -2.42. The highest BCUT2D eigenvalue weighted by molar-refractivity contribution is 5.89. The number of nitrogens with zero attached hydrogens (tertiary/aromatic N) is 2. The first-order chi connectivity index (χ1) is 11.0. The summed E-state index contributed by atoms with van der Waals surface area (Å²) in [6.07, 6.45) is 1.52. The molecule has 1 aliphatic rings. The molecular formula is C17H24N2O5. The van der Waals surface area contributed by atoms with Crippen molar-refractivity contribution >= 4 is 11.7 Å². The average Bonchev–Trinajstić information content (AvgIpc) is 2.58. The third-order valence-corrected chi connectivity index (χ3v) is 4.54. The van der Waals surface area contributed by atoms with E-state index in [-0.39, 0.29) is 17.4 Å². The van der Waals surface area contributed by atoms with Crippen molar-refractivity contribution in [2.24, 2.45) is 0 Å². The second kappa shape index (κ2) is 6.49. The molecule has 24 heavy (non-hydrogen) atoms. The van der Waals surface area contributed by atoms with E-state index in [1.54, 1.807) is 0 Å². The van der Waals surface area contributed by atoms with E-state index in [1.807, 2.05) is 27.7 Å². The molecule has 0 amide bonds. The molecular weight excluding hydrogens is 312 g/mol. The quantitative estimate of drug-likeness (QED) is 0.515. The summed E-state index contributed by atoms with van der Waals surface area (Å²) in [7, 11) is 0. The number of carbonyl (C=O) groups excluding carboxylic acids is 1. The van der Waals surface area contributed by atoms with E-state index in [0.29, 0.717) is 19.3 Å². The van der Waals surface area contributed by atoms with Crippen LogP contribution >= 0.6 is 0 Å². The van der Waals surface area contributed by atoms with Crippen LogP contribution in [0.15, 0.2) is 24.3 Å². The Kier molecular flexibility index (Phi) is 4.96. The number of esters is 1. The molecule has 0 bridgehead atoms. The number of hydroxylamine groups is 2. The van der Waals surface area contributed by atoms with Gasteiger partial charge >= 0.3 is 5.97 Å². The van der Waals surface area contributed by atoms with Crippen LogP contribution in [0.1, 0.15) is 57.3 Å². The fourth-order valence-corrected chi connectivity index (χ4v) is 3.22. The number of nitro benzene ring substituents is 1. The van der Waals surface area contributed by atoms with Gasteiger partial charge in [0.2, 0.25) is 0 Å². The lowest BCUT2D eigenvalue weighted by molar-refractivity contribution is -0.384.